The molecule has 2 aromatic carbocycles. The first-order valence-corrected chi connectivity index (χ1v) is 10.6. The Hall–Kier alpha value is -3.87. The van der Waals surface area contributed by atoms with E-state index in [1.807, 2.05) is 24.3 Å². The Labute approximate surface area is 190 Å². The summed E-state index contributed by atoms with van der Waals surface area (Å²) in [6.07, 6.45) is 8.27. The summed E-state index contributed by atoms with van der Waals surface area (Å²) in [7, 11) is 0. The Morgan fingerprint density at radius 1 is 0.788 bits per heavy atom. The number of alkyl halides is 2. The van der Waals surface area contributed by atoms with Gasteiger partial charge in [0.05, 0.1) is 11.4 Å². The van der Waals surface area contributed by atoms with Crippen molar-refractivity contribution in [2.75, 3.05) is 0 Å². The summed E-state index contributed by atoms with van der Waals surface area (Å²) < 4.78 is 27.5. The van der Waals surface area contributed by atoms with Gasteiger partial charge in [0.15, 0.2) is 0 Å². The van der Waals surface area contributed by atoms with Crippen LogP contribution in [0.2, 0.25) is 0 Å². The van der Waals surface area contributed by atoms with Gasteiger partial charge in [-0.15, -0.1) is 0 Å². The van der Waals surface area contributed by atoms with Crippen molar-refractivity contribution in [2.45, 2.75) is 32.1 Å². The van der Waals surface area contributed by atoms with Crippen molar-refractivity contribution in [3.05, 3.63) is 96.3 Å². The average molecular weight is 444 g/mol. The van der Waals surface area contributed by atoms with E-state index in [1.54, 1.807) is 36.9 Å². The van der Waals surface area contributed by atoms with Gasteiger partial charge in [0.25, 0.3) is 5.92 Å². The van der Waals surface area contributed by atoms with E-state index in [9.17, 15) is 13.6 Å². The van der Waals surface area contributed by atoms with E-state index < -0.39 is 5.92 Å². The topological polar surface area (TPSA) is 68.6 Å². The van der Waals surface area contributed by atoms with Gasteiger partial charge in [0.1, 0.15) is 12.1 Å². The van der Waals surface area contributed by atoms with Gasteiger partial charge in [-0.3, -0.25) is 14.8 Å². The molecule has 0 aliphatic carbocycles. The summed E-state index contributed by atoms with van der Waals surface area (Å²) in [5.74, 6) is -2.83. The number of rotatable bonds is 8. The molecule has 0 N–H and O–H groups in total. The van der Waals surface area contributed by atoms with Crippen LogP contribution < -0.4 is 0 Å². The zero-order chi connectivity index (χ0) is 23.3. The number of hydrogen-bond acceptors (Lipinski definition) is 5. The van der Waals surface area contributed by atoms with Gasteiger partial charge in [0.2, 0.25) is 0 Å². The maximum Gasteiger partial charge on any atom is 0.273 e. The molecule has 0 spiro atoms. The third-order valence-corrected chi connectivity index (χ3v) is 5.38. The van der Waals surface area contributed by atoms with Crippen molar-refractivity contribution in [1.29, 1.82) is 0 Å². The number of nitrogens with zero attached hydrogens (tertiary/aromatic N) is 4. The third-order valence-electron chi connectivity index (χ3n) is 5.38. The molecule has 33 heavy (non-hydrogen) atoms. The minimum Gasteiger partial charge on any atom is -0.299 e. The van der Waals surface area contributed by atoms with Gasteiger partial charge in [-0.1, -0.05) is 55.5 Å². The fourth-order valence-corrected chi connectivity index (χ4v) is 3.55. The van der Waals surface area contributed by atoms with Gasteiger partial charge >= 0.3 is 0 Å². The maximum absolute atomic E-state index is 13.8. The highest BCUT2D eigenvalue weighted by molar-refractivity contribution is 5.83. The van der Waals surface area contributed by atoms with E-state index in [1.165, 1.54) is 25.4 Å². The maximum atomic E-state index is 13.8. The Balaban J connectivity index is 1.44. The zero-order valence-electron chi connectivity index (χ0n) is 18.1. The molecule has 4 rings (SSSR count). The molecule has 0 aliphatic rings. The summed E-state index contributed by atoms with van der Waals surface area (Å²) in [6, 6.07) is 13.6. The smallest absolute Gasteiger partial charge is 0.273 e. The highest BCUT2D eigenvalue weighted by Gasteiger charge is 2.28. The van der Waals surface area contributed by atoms with Crippen molar-refractivity contribution in [1.82, 2.24) is 19.9 Å². The molecule has 0 unspecified atom stereocenters. The van der Waals surface area contributed by atoms with Crippen LogP contribution in [0.3, 0.4) is 0 Å². The Morgan fingerprint density at radius 3 is 1.85 bits per heavy atom. The number of Topliss-reactive ketones (excluding diaryl/α,β-unsaturated/α-hetero) is 1. The highest BCUT2D eigenvalue weighted by Crippen LogP contribution is 2.31. The fourth-order valence-electron chi connectivity index (χ4n) is 3.55. The molecule has 2 aromatic heterocycles. The van der Waals surface area contributed by atoms with Crippen molar-refractivity contribution < 1.29 is 13.6 Å². The average Bonchev–Trinajstić information content (AvgIpc) is 2.85. The van der Waals surface area contributed by atoms with Crippen LogP contribution in [0.15, 0.2) is 79.6 Å². The molecule has 7 heteroatoms. The van der Waals surface area contributed by atoms with E-state index >= 15 is 0 Å². The molecule has 0 amide bonds. The first-order chi connectivity index (χ1) is 16.0. The predicted octanol–water partition coefficient (Wildman–Crippen LogP) is 5.46. The van der Waals surface area contributed by atoms with Crippen LogP contribution in [0.5, 0.6) is 0 Å². The van der Waals surface area contributed by atoms with Crippen LogP contribution in [-0.2, 0) is 23.6 Å². The summed E-state index contributed by atoms with van der Waals surface area (Å²) >= 11 is 0. The first-order valence-electron chi connectivity index (χ1n) is 10.6. The van der Waals surface area contributed by atoms with Crippen molar-refractivity contribution >= 4 is 5.78 Å². The van der Waals surface area contributed by atoms with Crippen molar-refractivity contribution in [3.63, 3.8) is 0 Å². The molecule has 0 atom stereocenters. The summed E-state index contributed by atoms with van der Waals surface area (Å²) in [4.78, 5) is 29.5. The molecule has 2 heterocycles. The Kier molecular flexibility index (Phi) is 6.58. The second kappa shape index (κ2) is 9.73. The molecule has 166 valence electrons. The predicted molar refractivity (Wildman–Crippen MR) is 122 cm³/mol. The zero-order valence-corrected chi connectivity index (χ0v) is 18.1. The number of aromatic nitrogens is 4. The number of ketones is 1. The van der Waals surface area contributed by atoms with Crippen molar-refractivity contribution in [2.24, 2.45) is 0 Å². The molecule has 0 aliphatic heterocycles. The number of carbonyl (C=O) groups is 1. The van der Waals surface area contributed by atoms with Crippen LogP contribution in [0.1, 0.15) is 30.0 Å². The van der Waals surface area contributed by atoms with Crippen LogP contribution in [-0.4, -0.2) is 25.7 Å². The minimum atomic E-state index is -2.85. The molecule has 0 fully saturated rings. The van der Waals surface area contributed by atoms with Crippen LogP contribution in [0.25, 0.3) is 22.5 Å². The highest BCUT2D eigenvalue weighted by atomic mass is 19.3. The molecular formula is C26H22F2N4O. The molecule has 0 radical (unpaired) electrons. The van der Waals surface area contributed by atoms with Gasteiger partial charge in [-0.25, -0.2) is 18.7 Å². The second-order valence-electron chi connectivity index (χ2n) is 7.72. The summed E-state index contributed by atoms with van der Waals surface area (Å²) in [5, 5.41) is 0. The number of hydrogen-bond donors (Lipinski definition) is 0. The van der Waals surface area contributed by atoms with E-state index in [2.05, 4.69) is 19.9 Å². The van der Waals surface area contributed by atoms with E-state index in [4.69, 9.17) is 0 Å². The summed E-state index contributed by atoms with van der Waals surface area (Å²) in [6.45, 7) is 1.45. The lowest BCUT2D eigenvalue weighted by Gasteiger charge is -2.14. The monoisotopic (exact) mass is 444 g/mol. The van der Waals surface area contributed by atoms with Gasteiger partial charge in [-0.2, -0.15) is 0 Å². The standard InChI is InChI=1S/C26H22F2N4O/c1-2-26(27,28)22-9-5-19(6-10-22)14-23(33)13-18-3-7-20(8-4-18)24-25(32-12-11-31-24)21-15-29-17-30-16-21/h3-12,15-17H,2,13-14H2,1H3. The summed E-state index contributed by atoms with van der Waals surface area (Å²) in [5.41, 5.74) is 4.58. The molecule has 5 nitrogen and oxygen atoms in total. The van der Waals surface area contributed by atoms with Crippen LogP contribution in [0, 0.1) is 0 Å². The van der Waals surface area contributed by atoms with E-state index in [0.29, 0.717) is 11.4 Å². The third kappa shape index (κ3) is 5.31. The Bertz CT molecular complexity index is 1230. The first kappa shape index (κ1) is 22.3. The Morgan fingerprint density at radius 2 is 1.30 bits per heavy atom. The lowest BCUT2D eigenvalue weighted by atomic mass is 9.98. The molecular weight excluding hydrogens is 422 g/mol. The molecule has 0 saturated heterocycles. The molecule has 0 saturated carbocycles. The molecule has 0 bridgehead atoms. The quantitative estimate of drug-likeness (QED) is 0.361. The molecule has 4 aromatic rings. The van der Waals surface area contributed by atoms with E-state index in [0.717, 1.165) is 22.3 Å². The van der Waals surface area contributed by atoms with Crippen LogP contribution >= 0.6 is 0 Å². The van der Waals surface area contributed by atoms with Gasteiger partial charge in [0, 0.05) is 60.7 Å². The SMILES string of the molecule is CCC(F)(F)c1ccc(CC(=O)Cc2ccc(-c3nccnc3-c3cncnc3)cc2)cc1. The minimum absolute atomic E-state index is 0.0133. The lowest BCUT2D eigenvalue weighted by Crippen LogP contribution is -2.12. The largest absolute Gasteiger partial charge is 0.299 e. The van der Waals surface area contributed by atoms with Crippen LogP contribution in [0.4, 0.5) is 8.78 Å². The second-order valence-corrected chi connectivity index (χ2v) is 7.72. The lowest BCUT2D eigenvalue weighted by molar-refractivity contribution is -0.117. The van der Waals surface area contributed by atoms with E-state index in [-0.39, 0.29) is 30.6 Å². The van der Waals surface area contributed by atoms with Gasteiger partial charge in [-0.05, 0) is 11.1 Å². The fraction of sp³-hybridized carbons (Fsp3) is 0.192. The number of benzene rings is 2. The van der Waals surface area contributed by atoms with Crippen molar-refractivity contribution in [3.8, 4) is 22.5 Å². The number of carbonyl (C=O) groups excluding carboxylic acids is 1. The normalized spacial score (nSPS) is 11.4. The number of halogens is 2. The van der Waals surface area contributed by atoms with Gasteiger partial charge < -0.3 is 0 Å².